The standard InChI is InChI=1S/C29H29NO8/c1-19(30-29(33)37-18-21-8-6-5-7-9-21)28(32)38-26-17-23(35-3)16-25(36-4)27(26)24(31)15-12-20-10-13-22(34-2)14-11-20/h5-17,19H,18H2,1-4H3,(H,30,33)/t19-/m0/s1. The predicted molar refractivity (Wildman–Crippen MR) is 141 cm³/mol. The molecule has 3 aromatic carbocycles. The zero-order chi connectivity index (χ0) is 27.5. The first-order valence-electron chi connectivity index (χ1n) is 11.7. The van der Waals surface area contributed by atoms with Crippen LogP contribution in [0.1, 0.15) is 28.4 Å². The zero-order valence-corrected chi connectivity index (χ0v) is 21.6. The largest absolute Gasteiger partial charge is 0.497 e. The molecule has 0 heterocycles. The topological polar surface area (TPSA) is 109 Å². The maximum atomic E-state index is 13.2. The van der Waals surface area contributed by atoms with Gasteiger partial charge >= 0.3 is 12.1 Å². The lowest BCUT2D eigenvalue weighted by atomic mass is 10.1. The van der Waals surface area contributed by atoms with Gasteiger partial charge < -0.3 is 29.0 Å². The maximum Gasteiger partial charge on any atom is 0.408 e. The molecule has 0 aliphatic rings. The van der Waals surface area contributed by atoms with E-state index in [4.69, 9.17) is 23.7 Å². The fourth-order valence-corrected chi connectivity index (χ4v) is 3.34. The molecule has 0 spiro atoms. The lowest BCUT2D eigenvalue weighted by Gasteiger charge is -2.17. The number of carbonyl (C=O) groups is 3. The SMILES string of the molecule is COc1ccc(C=CC(=O)c2c(OC)cc(OC)cc2OC(=O)[C@H](C)NC(=O)OCc2ccccc2)cc1. The van der Waals surface area contributed by atoms with Crippen molar-refractivity contribution in [2.75, 3.05) is 21.3 Å². The highest BCUT2D eigenvalue weighted by molar-refractivity contribution is 6.11. The number of rotatable bonds is 11. The number of benzene rings is 3. The second-order valence-corrected chi connectivity index (χ2v) is 8.02. The Morgan fingerprint density at radius 2 is 1.50 bits per heavy atom. The average Bonchev–Trinajstić information content (AvgIpc) is 2.95. The van der Waals surface area contributed by atoms with Gasteiger partial charge in [0.05, 0.1) is 21.3 Å². The molecule has 0 aliphatic heterocycles. The van der Waals surface area contributed by atoms with Crippen LogP contribution in [0.15, 0.2) is 72.8 Å². The van der Waals surface area contributed by atoms with Gasteiger partial charge in [-0.3, -0.25) is 4.79 Å². The Hall–Kier alpha value is -4.79. The number of carbonyl (C=O) groups excluding carboxylic acids is 3. The summed E-state index contributed by atoms with van der Waals surface area (Å²) in [5, 5.41) is 2.42. The van der Waals surface area contributed by atoms with Crippen molar-refractivity contribution in [2.24, 2.45) is 0 Å². The number of ether oxygens (including phenoxy) is 5. The minimum Gasteiger partial charge on any atom is -0.497 e. The molecule has 0 unspecified atom stereocenters. The van der Waals surface area contributed by atoms with Gasteiger partial charge in [-0.15, -0.1) is 0 Å². The summed E-state index contributed by atoms with van der Waals surface area (Å²) in [6, 6.07) is 18.1. The number of esters is 1. The van der Waals surface area contributed by atoms with Crippen molar-refractivity contribution in [2.45, 2.75) is 19.6 Å². The number of ketones is 1. The predicted octanol–water partition coefficient (Wildman–Crippen LogP) is 4.83. The molecular weight excluding hydrogens is 490 g/mol. The minimum absolute atomic E-state index is 0.0188. The Bertz CT molecular complexity index is 1290. The second-order valence-electron chi connectivity index (χ2n) is 8.02. The smallest absolute Gasteiger partial charge is 0.408 e. The third kappa shape index (κ3) is 7.60. The van der Waals surface area contributed by atoms with E-state index in [0.717, 1.165) is 11.1 Å². The number of nitrogens with one attached hydrogen (secondary N) is 1. The van der Waals surface area contributed by atoms with Gasteiger partial charge in [0.1, 0.15) is 41.2 Å². The Morgan fingerprint density at radius 1 is 0.842 bits per heavy atom. The normalized spacial score (nSPS) is 11.4. The first-order chi connectivity index (χ1) is 18.3. The van der Waals surface area contributed by atoms with Crippen molar-refractivity contribution in [3.05, 3.63) is 89.5 Å². The molecule has 0 saturated carbocycles. The van der Waals surface area contributed by atoms with Crippen molar-refractivity contribution in [1.29, 1.82) is 0 Å². The van der Waals surface area contributed by atoms with Gasteiger partial charge in [-0.25, -0.2) is 9.59 Å². The second kappa shape index (κ2) is 13.5. The first-order valence-corrected chi connectivity index (χ1v) is 11.7. The molecule has 38 heavy (non-hydrogen) atoms. The molecule has 0 radical (unpaired) electrons. The summed E-state index contributed by atoms with van der Waals surface area (Å²) in [7, 11) is 4.38. The third-order valence-corrected chi connectivity index (χ3v) is 5.40. The summed E-state index contributed by atoms with van der Waals surface area (Å²) in [5.74, 6) is -0.216. The van der Waals surface area contributed by atoms with Crippen LogP contribution in [0.4, 0.5) is 4.79 Å². The third-order valence-electron chi connectivity index (χ3n) is 5.40. The lowest BCUT2D eigenvalue weighted by molar-refractivity contribution is -0.136. The lowest BCUT2D eigenvalue weighted by Crippen LogP contribution is -2.41. The molecule has 198 valence electrons. The van der Waals surface area contributed by atoms with E-state index in [1.54, 1.807) is 37.5 Å². The number of hydrogen-bond acceptors (Lipinski definition) is 8. The van der Waals surface area contributed by atoms with E-state index in [9.17, 15) is 14.4 Å². The van der Waals surface area contributed by atoms with E-state index in [1.165, 1.54) is 39.4 Å². The van der Waals surface area contributed by atoms with Gasteiger partial charge in [-0.2, -0.15) is 0 Å². The van der Waals surface area contributed by atoms with Crippen LogP contribution >= 0.6 is 0 Å². The van der Waals surface area contributed by atoms with E-state index in [1.807, 2.05) is 30.3 Å². The first kappa shape index (κ1) is 27.8. The highest BCUT2D eigenvalue weighted by Gasteiger charge is 2.24. The summed E-state index contributed by atoms with van der Waals surface area (Å²) < 4.78 is 26.5. The van der Waals surface area contributed by atoms with Gasteiger partial charge in [0.2, 0.25) is 0 Å². The molecular formula is C29H29NO8. The molecule has 0 bridgehead atoms. The van der Waals surface area contributed by atoms with Crippen molar-refractivity contribution in [1.82, 2.24) is 5.32 Å². The maximum absolute atomic E-state index is 13.2. The zero-order valence-electron chi connectivity index (χ0n) is 21.6. The van der Waals surface area contributed by atoms with E-state index in [0.29, 0.717) is 11.5 Å². The van der Waals surface area contributed by atoms with Crippen LogP contribution < -0.4 is 24.3 Å². The van der Waals surface area contributed by atoms with E-state index in [-0.39, 0.29) is 23.7 Å². The highest BCUT2D eigenvalue weighted by Crippen LogP contribution is 2.35. The highest BCUT2D eigenvalue weighted by atomic mass is 16.6. The monoisotopic (exact) mass is 519 g/mol. The number of allylic oxidation sites excluding steroid dienone is 1. The van der Waals surface area contributed by atoms with E-state index in [2.05, 4.69) is 5.32 Å². The molecule has 0 aliphatic carbocycles. The number of amides is 1. The van der Waals surface area contributed by atoms with Gasteiger partial charge in [-0.05, 0) is 36.3 Å². The minimum atomic E-state index is -1.08. The van der Waals surface area contributed by atoms with Crippen LogP contribution in [-0.4, -0.2) is 45.2 Å². The fourth-order valence-electron chi connectivity index (χ4n) is 3.34. The van der Waals surface area contributed by atoms with Crippen LogP contribution in [-0.2, 0) is 16.1 Å². The molecule has 3 aromatic rings. The Labute approximate surface area is 220 Å². The molecule has 0 fully saturated rings. The van der Waals surface area contributed by atoms with Gasteiger partial charge in [-0.1, -0.05) is 48.5 Å². The Morgan fingerprint density at radius 3 is 2.13 bits per heavy atom. The number of alkyl carbamates (subject to hydrolysis) is 1. The number of hydrogen-bond donors (Lipinski definition) is 1. The Kier molecular flexibility index (Phi) is 9.87. The number of methoxy groups -OCH3 is 3. The summed E-state index contributed by atoms with van der Waals surface area (Å²) >= 11 is 0. The average molecular weight is 520 g/mol. The van der Waals surface area contributed by atoms with Crippen molar-refractivity contribution < 1.29 is 38.1 Å². The molecule has 1 N–H and O–H groups in total. The van der Waals surface area contributed by atoms with E-state index < -0.39 is 23.9 Å². The van der Waals surface area contributed by atoms with Gasteiger partial charge in [0.15, 0.2) is 5.78 Å². The van der Waals surface area contributed by atoms with Crippen LogP contribution in [0, 0.1) is 0 Å². The van der Waals surface area contributed by atoms with Crippen LogP contribution in [0.3, 0.4) is 0 Å². The van der Waals surface area contributed by atoms with Gasteiger partial charge in [0, 0.05) is 12.1 Å². The van der Waals surface area contributed by atoms with Crippen LogP contribution in [0.5, 0.6) is 23.0 Å². The summed E-state index contributed by atoms with van der Waals surface area (Å²) in [4.78, 5) is 38.2. The summed E-state index contributed by atoms with van der Waals surface area (Å²) in [6.07, 6.45) is 2.16. The molecule has 1 atom stereocenters. The van der Waals surface area contributed by atoms with Crippen molar-refractivity contribution in [3.8, 4) is 23.0 Å². The van der Waals surface area contributed by atoms with Crippen molar-refractivity contribution in [3.63, 3.8) is 0 Å². The molecule has 0 aromatic heterocycles. The van der Waals surface area contributed by atoms with Gasteiger partial charge in [0.25, 0.3) is 0 Å². The van der Waals surface area contributed by atoms with Crippen LogP contribution in [0.25, 0.3) is 6.08 Å². The molecule has 3 rings (SSSR count). The quantitative estimate of drug-likeness (QED) is 0.166. The van der Waals surface area contributed by atoms with E-state index >= 15 is 0 Å². The van der Waals surface area contributed by atoms with Crippen molar-refractivity contribution >= 4 is 23.9 Å². The molecule has 0 saturated heterocycles. The molecule has 9 heteroatoms. The summed E-state index contributed by atoms with van der Waals surface area (Å²) in [6.45, 7) is 1.48. The Balaban J connectivity index is 1.75. The fraction of sp³-hybridized carbons (Fsp3) is 0.207. The molecule has 1 amide bonds. The molecule has 9 nitrogen and oxygen atoms in total. The van der Waals surface area contributed by atoms with Crippen LogP contribution in [0.2, 0.25) is 0 Å². The summed E-state index contributed by atoms with van der Waals surface area (Å²) in [5.41, 5.74) is 1.58.